The van der Waals surface area contributed by atoms with Gasteiger partial charge in [-0.15, -0.1) is 0 Å². The van der Waals surface area contributed by atoms with E-state index in [1.165, 1.54) is 6.92 Å². The predicted molar refractivity (Wildman–Crippen MR) is 100 cm³/mol. The smallest absolute Gasteiger partial charge is 0.303 e. The molecule has 9 heteroatoms. The first-order valence-corrected chi connectivity index (χ1v) is 9.91. The topological polar surface area (TPSA) is 134 Å². The first-order valence-electron chi connectivity index (χ1n) is 9.91. The number of aryl methyl sites for hydroxylation is 1. The maximum absolute atomic E-state index is 12.0. The van der Waals surface area contributed by atoms with Gasteiger partial charge >= 0.3 is 5.97 Å². The van der Waals surface area contributed by atoms with Gasteiger partial charge < -0.3 is 20.3 Å². The van der Waals surface area contributed by atoms with E-state index < -0.39 is 11.5 Å². The molecule has 156 valence electrons. The van der Waals surface area contributed by atoms with E-state index in [0.29, 0.717) is 24.7 Å². The molecule has 0 saturated heterocycles. The maximum atomic E-state index is 12.0. The Morgan fingerprint density at radius 3 is 2.50 bits per heavy atom. The molecule has 1 saturated carbocycles. The van der Waals surface area contributed by atoms with Crippen molar-refractivity contribution in [1.29, 1.82) is 0 Å². The molecule has 1 aromatic heterocycles. The van der Waals surface area contributed by atoms with Crippen LogP contribution in [0.1, 0.15) is 76.9 Å². The molecular formula is C19H30N4O5. The van der Waals surface area contributed by atoms with E-state index >= 15 is 0 Å². The summed E-state index contributed by atoms with van der Waals surface area (Å²) in [7, 11) is 0. The van der Waals surface area contributed by atoms with E-state index in [-0.39, 0.29) is 30.6 Å². The predicted octanol–water partition coefficient (Wildman–Crippen LogP) is 1.91. The molecule has 1 fully saturated rings. The van der Waals surface area contributed by atoms with Crippen LogP contribution in [0.3, 0.4) is 0 Å². The second-order valence-corrected chi connectivity index (χ2v) is 7.70. The van der Waals surface area contributed by atoms with Crippen molar-refractivity contribution < 1.29 is 24.0 Å². The molecule has 0 aromatic carbocycles. The Bertz CT molecular complexity index is 680. The molecule has 1 aromatic rings. The van der Waals surface area contributed by atoms with Gasteiger partial charge in [-0.1, -0.05) is 37.8 Å². The molecule has 1 aliphatic rings. The van der Waals surface area contributed by atoms with Crippen LogP contribution in [0.5, 0.6) is 0 Å². The van der Waals surface area contributed by atoms with Gasteiger partial charge in [0.2, 0.25) is 17.7 Å². The summed E-state index contributed by atoms with van der Waals surface area (Å²) in [6, 6.07) is 0. The fraction of sp³-hybridized carbons (Fsp3) is 0.737. The molecule has 1 unspecified atom stereocenters. The van der Waals surface area contributed by atoms with E-state index in [1.54, 1.807) is 6.92 Å². The first kappa shape index (κ1) is 21.8. The number of nitrogens with one attached hydrogen (secondary N) is 2. The van der Waals surface area contributed by atoms with Gasteiger partial charge in [0.05, 0.1) is 0 Å². The number of amides is 2. The van der Waals surface area contributed by atoms with Crippen molar-refractivity contribution in [1.82, 2.24) is 20.8 Å². The Kier molecular flexibility index (Phi) is 7.95. The van der Waals surface area contributed by atoms with E-state index in [9.17, 15) is 14.4 Å². The Labute approximate surface area is 164 Å². The fourth-order valence-electron chi connectivity index (χ4n) is 3.59. The lowest BCUT2D eigenvalue weighted by Crippen LogP contribution is -2.45. The SMILES string of the molecule is CC(=O)NC1(c2noc(CCC(=O)NCC(C)CC(=O)O)n2)CCCCCC1. The molecule has 1 aliphatic carbocycles. The van der Waals surface area contributed by atoms with Crippen molar-refractivity contribution in [2.24, 2.45) is 5.92 Å². The summed E-state index contributed by atoms with van der Waals surface area (Å²) in [5, 5.41) is 18.6. The van der Waals surface area contributed by atoms with Gasteiger partial charge in [-0.2, -0.15) is 4.98 Å². The Morgan fingerprint density at radius 2 is 1.89 bits per heavy atom. The summed E-state index contributed by atoms with van der Waals surface area (Å²) in [5.74, 6) is -0.491. The molecule has 9 nitrogen and oxygen atoms in total. The standard InChI is InChI=1S/C19H30N4O5/c1-13(11-17(26)27)12-20-15(25)7-8-16-21-18(23-28-16)19(22-14(2)24)9-5-3-4-6-10-19/h13H,3-12H2,1-2H3,(H,20,25)(H,22,24)(H,26,27). The summed E-state index contributed by atoms with van der Waals surface area (Å²) in [5.41, 5.74) is -0.599. The highest BCUT2D eigenvalue weighted by Crippen LogP contribution is 2.34. The normalized spacial score (nSPS) is 17.4. The minimum atomic E-state index is -0.883. The summed E-state index contributed by atoms with van der Waals surface area (Å²) < 4.78 is 5.32. The number of carboxylic acids is 1. The quantitative estimate of drug-likeness (QED) is 0.545. The van der Waals surface area contributed by atoms with Crippen molar-refractivity contribution in [3.05, 3.63) is 11.7 Å². The lowest BCUT2D eigenvalue weighted by atomic mass is 9.89. The lowest BCUT2D eigenvalue weighted by Gasteiger charge is -2.30. The highest BCUT2D eigenvalue weighted by Gasteiger charge is 2.38. The van der Waals surface area contributed by atoms with Gasteiger partial charge in [-0.05, 0) is 18.8 Å². The van der Waals surface area contributed by atoms with Crippen LogP contribution >= 0.6 is 0 Å². The molecule has 28 heavy (non-hydrogen) atoms. The summed E-state index contributed by atoms with van der Waals surface area (Å²) in [6.07, 6.45) is 6.23. The van der Waals surface area contributed by atoms with Gasteiger partial charge in [0.15, 0.2) is 5.82 Å². The molecule has 0 aliphatic heterocycles. The number of nitrogens with zero attached hydrogens (tertiary/aromatic N) is 2. The highest BCUT2D eigenvalue weighted by atomic mass is 16.5. The van der Waals surface area contributed by atoms with Crippen LogP contribution in [-0.4, -0.2) is 39.6 Å². The van der Waals surface area contributed by atoms with E-state index in [4.69, 9.17) is 9.63 Å². The zero-order chi connectivity index (χ0) is 20.6. The molecule has 3 N–H and O–H groups in total. The number of hydrogen-bond donors (Lipinski definition) is 3. The van der Waals surface area contributed by atoms with Gasteiger partial charge in [-0.3, -0.25) is 14.4 Å². The highest BCUT2D eigenvalue weighted by molar-refractivity contribution is 5.76. The average molecular weight is 394 g/mol. The molecule has 1 heterocycles. The number of carbonyl (C=O) groups excluding carboxylic acids is 2. The third-order valence-electron chi connectivity index (χ3n) is 5.01. The van der Waals surface area contributed by atoms with Gasteiger partial charge in [0, 0.05) is 32.7 Å². The fourth-order valence-corrected chi connectivity index (χ4v) is 3.59. The van der Waals surface area contributed by atoms with Crippen molar-refractivity contribution in [3.63, 3.8) is 0 Å². The summed E-state index contributed by atoms with van der Waals surface area (Å²) >= 11 is 0. The Hall–Kier alpha value is -2.45. The maximum Gasteiger partial charge on any atom is 0.303 e. The molecule has 0 bridgehead atoms. The molecule has 2 rings (SSSR count). The van der Waals surface area contributed by atoms with Crippen LogP contribution in [0.25, 0.3) is 0 Å². The number of carbonyl (C=O) groups is 3. The van der Waals surface area contributed by atoms with Gasteiger partial charge in [0.1, 0.15) is 5.54 Å². The number of aliphatic carboxylic acids is 1. The number of carboxylic acid groups (broad SMARTS) is 1. The molecule has 1 atom stereocenters. The Balaban J connectivity index is 1.92. The number of rotatable bonds is 9. The Morgan fingerprint density at radius 1 is 1.21 bits per heavy atom. The second-order valence-electron chi connectivity index (χ2n) is 7.70. The van der Waals surface area contributed by atoms with Gasteiger partial charge in [0.25, 0.3) is 0 Å². The van der Waals surface area contributed by atoms with E-state index in [1.807, 2.05) is 0 Å². The van der Waals surface area contributed by atoms with Crippen molar-refractivity contribution in [3.8, 4) is 0 Å². The van der Waals surface area contributed by atoms with Crippen LogP contribution in [-0.2, 0) is 26.3 Å². The average Bonchev–Trinajstić information content (AvgIpc) is 2.98. The lowest BCUT2D eigenvalue weighted by molar-refractivity contribution is -0.138. The molecule has 2 amide bonds. The largest absolute Gasteiger partial charge is 0.481 e. The monoisotopic (exact) mass is 394 g/mol. The van der Waals surface area contributed by atoms with Crippen LogP contribution in [0.15, 0.2) is 4.52 Å². The van der Waals surface area contributed by atoms with Crippen LogP contribution < -0.4 is 10.6 Å². The van der Waals surface area contributed by atoms with Crippen molar-refractivity contribution >= 4 is 17.8 Å². The zero-order valence-corrected chi connectivity index (χ0v) is 16.6. The van der Waals surface area contributed by atoms with E-state index in [0.717, 1.165) is 38.5 Å². The van der Waals surface area contributed by atoms with E-state index in [2.05, 4.69) is 20.8 Å². The van der Waals surface area contributed by atoms with Crippen LogP contribution in [0.4, 0.5) is 0 Å². The molecular weight excluding hydrogens is 364 g/mol. The minimum Gasteiger partial charge on any atom is -0.481 e. The second kappa shape index (κ2) is 10.2. The third-order valence-corrected chi connectivity index (χ3v) is 5.01. The summed E-state index contributed by atoms with van der Waals surface area (Å²) in [6.45, 7) is 3.57. The summed E-state index contributed by atoms with van der Waals surface area (Å²) in [4.78, 5) is 38.8. The third kappa shape index (κ3) is 6.61. The van der Waals surface area contributed by atoms with Crippen molar-refractivity contribution in [2.45, 2.75) is 77.2 Å². The van der Waals surface area contributed by atoms with Crippen LogP contribution in [0, 0.1) is 5.92 Å². The van der Waals surface area contributed by atoms with Crippen molar-refractivity contribution in [2.75, 3.05) is 6.54 Å². The van der Waals surface area contributed by atoms with Gasteiger partial charge in [-0.25, -0.2) is 0 Å². The number of hydrogen-bond acceptors (Lipinski definition) is 6. The number of aromatic nitrogens is 2. The minimum absolute atomic E-state index is 0.0124. The molecule has 0 radical (unpaired) electrons. The first-order chi connectivity index (χ1) is 13.3. The molecule has 0 spiro atoms. The van der Waals surface area contributed by atoms with Crippen LogP contribution in [0.2, 0.25) is 0 Å². The zero-order valence-electron chi connectivity index (χ0n) is 16.6.